The Hall–Kier alpha value is -0.840. The van der Waals surface area contributed by atoms with Crippen LogP contribution in [0.25, 0.3) is 0 Å². The van der Waals surface area contributed by atoms with E-state index in [1.807, 2.05) is 4.52 Å². The summed E-state index contributed by atoms with van der Waals surface area (Å²) >= 11 is 0. The van der Waals surface area contributed by atoms with E-state index in [-0.39, 0.29) is 0 Å². The van der Waals surface area contributed by atoms with Crippen molar-refractivity contribution in [3.63, 3.8) is 0 Å². The molecule has 0 saturated heterocycles. The first kappa shape index (κ1) is 28.2. The third kappa shape index (κ3) is 2.74. The molecule has 0 unspecified atom stereocenters. The predicted octanol–water partition coefficient (Wildman–Crippen LogP) is 6.89. The van der Waals surface area contributed by atoms with Gasteiger partial charge < -0.3 is 0 Å². The fraction of sp³-hybridized carbons (Fsp3) is 1.00. The Morgan fingerprint density at radius 3 is 0.931 bits per heavy atom. The van der Waals surface area contributed by atoms with Crippen molar-refractivity contribution in [2.75, 3.05) is 20.3 Å². The van der Waals surface area contributed by atoms with Gasteiger partial charge in [-0.3, -0.25) is 0 Å². The van der Waals surface area contributed by atoms with Gasteiger partial charge in [0.2, 0.25) is 0 Å². The molecule has 0 fully saturated rings. The molecule has 0 aromatic carbocycles. The van der Waals surface area contributed by atoms with Crippen LogP contribution in [0.5, 0.6) is 0 Å². The van der Waals surface area contributed by atoms with Crippen molar-refractivity contribution in [1.82, 2.24) is 0 Å². The van der Waals surface area contributed by atoms with Crippen LogP contribution in [0, 0.1) is 0 Å². The third-order valence-corrected chi connectivity index (χ3v) is 8.69. The summed E-state index contributed by atoms with van der Waals surface area (Å²) in [6.07, 6.45) is -25.5. The van der Waals surface area contributed by atoms with Crippen molar-refractivity contribution in [3.05, 3.63) is 0 Å². The van der Waals surface area contributed by atoms with Gasteiger partial charge in [-0.25, -0.2) is 0 Å². The summed E-state index contributed by atoms with van der Waals surface area (Å²) in [5.41, 5.74) is -28.1. The van der Waals surface area contributed by atoms with Gasteiger partial charge in [-0.15, -0.1) is 0 Å². The van der Waals surface area contributed by atoms with Crippen LogP contribution < -0.4 is 0 Å². The van der Waals surface area contributed by atoms with Crippen LogP contribution >= 0.6 is 6.79 Å². The van der Waals surface area contributed by atoms with Crippen molar-refractivity contribution in [1.29, 1.82) is 0 Å². The summed E-state index contributed by atoms with van der Waals surface area (Å²) in [6, 6.07) is 0. The summed E-state index contributed by atoms with van der Waals surface area (Å²) in [7, 11) is 0.299. The number of methoxy groups -OCH3 is 1. The normalized spacial score (nSPS) is 18.4. The van der Waals surface area contributed by atoms with Gasteiger partial charge in [0.25, 0.3) is 0 Å². The molecule has 2 nitrogen and oxygen atoms in total. The van der Waals surface area contributed by atoms with Crippen molar-refractivity contribution in [3.8, 4) is 0 Å². The summed E-state index contributed by atoms with van der Waals surface area (Å²) in [4.78, 5) is 0. The quantitative estimate of drug-likeness (QED) is 0.215. The van der Waals surface area contributed by atoms with E-state index in [0.717, 1.165) is 0 Å². The molecule has 0 aliphatic carbocycles. The SMILES string of the molecule is COCCO[P-](F)(F)(C(F)(F)C(F)(F)F)(C(F)(F)C(F)(F)F)C(F)(F)C(F)(F)F. The fourth-order valence-corrected chi connectivity index (χ4v) is 5.60. The molecule has 0 aliphatic heterocycles. The molecule has 29 heavy (non-hydrogen) atoms. The van der Waals surface area contributed by atoms with Gasteiger partial charge in [-0.2, -0.15) is 0 Å². The van der Waals surface area contributed by atoms with E-state index in [9.17, 15) is 74.3 Å². The van der Waals surface area contributed by atoms with Crippen LogP contribution in [0.15, 0.2) is 0 Å². The molecule has 20 heteroatoms. The minimum absolute atomic E-state index is 0.299. The Labute approximate surface area is 147 Å². The van der Waals surface area contributed by atoms with E-state index >= 15 is 0 Å². The molecule has 0 rings (SSSR count). The first-order chi connectivity index (χ1) is 12.2. The number of hydrogen-bond donors (Lipinski definition) is 0. The maximum atomic E-state index is 14.8. The second-order valence-electron chi connectivity index (χ2n) is 5.26. The van der Waals surface area contributed by atoms with Crippen LogP contribution in [0.4, 0.5) is 74.3 Å². The topological polar surface area (TPSA) is 18.5 Å². The number of halogens is 17. The Bertz CT molecular complexity index is 552. The van der Waals surface area contributed by atoms with Gasteiger partial charge in [-0.05, 0) is 0 Å². The molecule has 0 spiro atoms. The third-order valence-electron chi connectivity index (χ3n) is 3.52. The summed E-state index contributed by atoms with van der Waals surface area (Å²) in [5, 5.41) is 0. The molecule has 0 radical (unpaired) electrons. The van der Waals surface area contributed by atoms with E-state index in [2.05, 4.69) is 4.74 Å². The average Bonchev–Trinajstić information content (AvgIpc) is 2.43. The van der Waals surface area contributed by atoms with E-state index in [4.69, 9.17) is 0 Å². The molecule has 0 aliphatic rings. The Morgan fingerprint density at radius 1 is 0.517 bits per heavy atom. The van der Waals surface area contributed by atoms with Gasteiger partial charge >= 0.3 is 146 Å². The monoisotopic (exact) mass is 501 g/mol. The summed E-state index contributed by atoms with van der Waals surface area (Å²) in [6.45, 7) is -19.2. The minimum atomic E-state index is -14.2. The van der Waals surface area contributed by atoms with Crippen molar-refractivity contribution in [2.24, 2.45) is 0 Å². The van der Waals surface area contributed by atoms with Crippen molar-refractivity contribution < 1.29 is 83.5 Å². The van der Waals surface area contributed by atoms with Crippen molar-refractivity contribution in [2.45, 2.75) is 35.5 Å². The Morgan fingerprint density at radius 2 is 0.759 bits per heavy atom. The van der Waals surface area contributed by atoms with Gasteiger partial charge in [0, 0.05) is 0 Å². The molecular formula is C9H7F17O2P-. The zero-order chi connectivity index (χ0) is 24.2. The Kier molecular flexibility index (Phi) is 6.15. The first-order valence-corrected chi connectivity index (χ1v) is 8.64. The molecule has 0 saturated carbocycles. The van der Waals surface area contributed by atoms with Crippen LogP contribution in [0.2, 0.25) is 0 Å². The molecule has 0 aromatic heterocycles. The fourth-order valence-electron chi connectivity index (χ4n) is 1.92. The zero-order valence-corrected chi connectivity index (χ0v) is 14.0. The molecule has 180 valence electrons. The summed E-state index contributed by atoms with van der Waals surface area (Å²) in [5.74, 6) is 0. The number of ether oxygens (including phenoxy) is 1. The van der Waals surface area contributed by atoms with Crippen LogP contribution in [0.3, 0.4) is 0 Å². The second kappa shape index (κ2) is 6.34. The molecule has 0 bridgehead atoms. The number of alkyl halides is 15. The van der Waals surface area contributed by atoms with E-state index in [1.165, 1.54) is 0 Å². The van der Waals surface area contributed by atoms with Gasteiger partial charge in [0.05, 0.1) is 0 Å². The molecule has 0 atom stereocenters. The van der Waals surface area contributed by atoms with Crippen LogP contribution in [-0.2, 0) is 9.26 Å². The van der Waals surface area contributed by atoms with Crippen LogP contribution in [0.1, 0.15) is 0 Å². The second-order valence-corrected chi connectivity index (χ2v) is 9.84. The molecule has 0 amide bonds. The zero-order valence-electron chi connectivity index (χ0n) is 13.1. The van der Waals surface area contributed by atoms with Gasteiger partial charge in [-0.1, -0.05) is 0 Å². The van der Waals surface area contributed by atoms with E-state index in [0.29, 0.717) is 7.11 Å². The maximum absolute atomic E-state index is 14.8. The van der Waals surface area contributed by atoms with E-state index < -0.39 is 55.5 Å². The number of rotatable bonds is 7. The summed E-state index contributed by atoms with van der Waals surface area (Å²) < 4.78 is 229. The molecular weight excluding hydrogens is 494 g/mol. The van der Waals surface area contributed by atoms with Crippen molar-refractivity contribution >= 4 is 6.79 Å². The van der Waals surface area contributed by atoms with Crippen LogP contribution in [-0.4, -0.2) is 55.8 Å². The predicted molar refractivity (Wildman–Crippen MR) is 60.0 cm³/mol. The molecule has 0 aromatic rings. The molecule has 0 heterocycles. The average molecular weight is 501 g/mol. The van der Waals surface area contributed by atoms with Gasteiger partial charge in [0.15, 0.2) is 0 Å². The van der Waals surface area contributed by atoms with Gasteiger partial charge in [0.1, 0.15) is 0 Å². The van der Waals surface area contributed by atoms with E-state index in [1.54, 1.807) is 0 Å². The number of hydrogen-bond acceptors (Lipinski definition) is 2. The molecule has 0 N–H and O–H groups in total. The first-order valence-electron chi connectivity index (χ1n) is 6.26. The Balaban J connectivity index is 8.14. The standard InChI is InChI=1S/C9H7F17O2P/c1-27-2-3-28-29(25,26,7(19,20)4(10,11)12,8(21,22)5(13,14)15)9(23,24)6(16,17)18/h2-3H2,1H3/q-1.